The molecule has 1 aromatic carbocycles. The summed E-state index contributed by atoms with van der Waals surface area (Å²) in [5, 5.41) is 0. The highest BCUT2D eigenvalue weighted by Crippen LogP contribution is 2.23. The van der Waals surface area contributed by atoms with Crippen LogP contribution in [0.2, 0.25) is 0 Å². The van der Waals surface area contributed by atoms with E-state index >= 15 is 0 Å². The van der Waals surface area contributed by atoms with Gasteiger partial charge in [-0.1, -0.05) is 59.1 Å². The lowest BCUT2D eigenvalue weighted by molar-refractivity contribution is 0.527. The van der Waals surface area contributed by atoms with Crippen LogP contribution in [0.4, 0.5) is 0 Å². The molecule has 0 saturated heterocycles. The van der Waals surface area contributed by atoms with Crippen molar-refractivity contribution in [1.29, 1.82) is 0 Å². The molecule has 4 heteroatoms. The number of hydrogen-bond acceptors (Lipinski definition) is 2. The molecule has 1 rings (SSSR count). The van der Waals surface area contributed by atoms with Gasteiger partial charge < -0.3 is 0 Å². The van der Waals surface area contributed by atoms with Gasteiger partial charge in [0.15, 0.2) is 0 Å². The summed E-state index contributed by atoms with van der Waals surface area (Å²) in [6, 6.07) is 7.17. The third-order valence-corrected chi connectivity index (χ3v) is 5.23. The maximum Gasteiger partial charge on any atom is 0.240 e. The Morgan fingerprint density at radius 2 is 1.67 bits per heavy atom. The van der Waals surface area contributed by atoms with Crippen LogP contribution in [-0.2, 0) is 15.4 Å². The van der Waals surface area contributed by atoms with Crippen molar-refractivity contribution < 1.29 is 8.42 Å². The zero-order chi connectivity index (χ0) is 16.1. The van der Waals surface area contributed by atoms with E-state index in [2.05, 4.69) is 32.4 Å². The van der Waals surface area contributed by atoms with Gasteiger partial charge >= 0.3 is 0 Å². The number of hydrogen-bond donors (Lipinski definition) is 1. The highest BCUT2D eigenvalue weighted by molar-refractivity contribution is 7.89. The molecule has 0 spiro atoms. The van der Waals surface area contributed by atoms with Crippen LogP contribution in [0, 0.1) is 0 Å². The minimum Gasteiger partial charge on any atom is -0.208 e. The number of unbranched alkanes of at least 4 members (excludes halogenated alkanes) is 2. The van der Waals surface area contributed by atoms with Crippen LogP contribution in [0.15, 0.2) is 29.2 Å². The maximum absolute atomic E-state index is 12.3. The average molecular weight is 311 g/mol. The van der Waals surface area contributed by atoms with E-state index in [-0.39, 0.29) is 11.5 Å². The Balaban J connectivity index is 2.74. The summed E-state index contributed by atoms with van der Waals surface area (Å²) in [7, 11) is -3.41. The van der Waals surface area contributed by atoms with Crippen LogP contribution < -0.4 is 4.72 Å². The van der Waals surface area contributed by atoms with Crippen molar-refractivity contribution in [3.8, 4) is 0 Å². The first kappa shape index (κ1) is 18.2. The second kappa shape index (κ2) is 7.41. The Kier molecular flexibility index (Phi) is 6.41. The highest BCUT2D eigenvalue weighted by atomic mass is 32.2. The van der Waals surface area contributed by atoms with E-state index in [0.29, 0.717) is 4.90 Å². The second-order valence-electron chi connectivity index (χ2n) is 6.79. The lowest BCUT2D eigenvalue weighted by atomic mass is 9.87. The monoisotopic (exact) mass is 311 g/mol. The standard InChI is InChI=1S/C17H29NO2S/c1-6-7-8-9-14(2)18-21(19,20)16-12-10-15(11-13-16)17(3,4)5/h10-14,18H,6-9H2,1-5H3. The summed E-state index contributed by atoms with van der Waals surface area (Å²) in [5.74, 6) is 0. The van der Waals surface area contributed by atoms with Crippen molar-refractivity contribution in [3.63, 3.8) is 0 Å². The first-order chi connectivity index (χ1) is 9.66. The molecule has 0 aliphatic rings. The smallest absolute Gasteiger partial charge is 0.208 e. The molecule has 0 aromatic heterocycles. The van der Waals surface area contributed by atoms with E-state index in [9.17, 15) is 8.42 Å². The van der Waals surface area contributed by atoms with Gasteiger partial charge in [0, 0.05) is 6.04 Å². The van der Waals surface area contributed by atoms with Crippen LogP contribution in [0.1, 0.15) is 65.9 Å². The van der Waals surface area contributed by atoms with E-state index < -0.39 is 10.0 Å². The SMILES string of the molecule is CCCCCC(C)NS(=O)(=O)c1ccc(C(C)(C)C)cc1. The molecule has 3 nitrogen and oxygen atoms in total. The van der Waals surface area contributed by atoms with Crippen molar-refractivity contribution in [2.45, 2.75) is 76.7 Å². The molecule has 1 aromatic rings. The summed E-state index contributed by atoms with van der Waals surface area (Å²) in [5.41, 5.74) is 1.17. The van der Waals surface area contributed by atoms with Gasteiger partial charge in [-0.2, -0.15) is 0 Å². The van der Waals surface area contributed by atoms with Crippen molar-refractivity contribution in [1.82, 2.24) is 4.72 Å². The summed E-state index contributed by atoms with van der Waals surface area (Å²) in [6.07, 6.45) is 4.23. The highest BCUT2D eigenvalue weighted by Gasteiger charge is 2.19. The molecule has 1 atom stereocenters. The Bertz CT molecular complexity index is 527. The molecule has 0 heterocycles. The molecule has 0 fully saturated rings. The fraction of sp³-hybridized carbons (Fsp3) is 0.647. The minimum absolute atomic E-state index is 0.0242. The van der Waals surface area contributed by atoms with Crippen LogP contribution in [-0.4, -0.2) is 14.5 Å². The van der Waals surface area contributed by atoms with Crippen LogP contribution >= 0.6 is 0 Å². The predicted octanol–water partition coefficient (Wildman–Crippen LogP) is 4.23. The number of nitrogens with one attached hydrogen (secondary N) is 1. The van der Waals surface area contributed by atoms with Crippen molar-refractivity contribution >= 4 is 10.0 Å². The molecular weight excluding hydrogens is 282 g/mol. The van der Waals surface area contributed by atoms with E-state index in [1.807, 2.05) is 19.1 Å². The number of rotatable bonds is 7. The van der Waals surface area contributed by atoms with E-state index in [1.54, 1.807) is 12.1 Å². The normalized spacial score (nSPS) is 14.1. The molecule has 0 aliphatic heterocycles. The fourth-order valence-electron chi connectivity index (χ4n) is 2.23. The fourth-order valence-corrected chi connectivity index (χ4v) is 3.50. The molecule has 0 bridgehead atoms. The zero-order valence-corrected chi connectivity index (χ0v) is 14.8. The lowest BCUT2D eigenvalue weighted by Gasteiger charge is -2.19. The molecule has 0 amide bonds. The number of sulfonamides is 1. The van der Waals surface area contributed by atoms with E-state index in [1.165, 1.54) is 0 Å². The Morgan fingerprint density at radius 3 is 2.14 bits per heavy atom. The molecule has 1 unspecified atom stereocenters. The summed E-state index contributed by atoms with van der Waals surface area (Å²) >= 11 is 0. The van der Waals surface area contributed by atoms with Gasteiger partial charge in [0.05, 0.1) is 4.90 Å². The van der Waals surface area contributed by atoms with Gasteiger partial charge in [-0.25, -0.2) is 13.1 Å². The third-order valence-electron chi connectivity index (χ3n) is 3.63. The van der Waals surface area contributed by atoms with Crippen LogP contribution in [0.3, 0.4) is 0 Å². The van der Waals surface area contributed by atoms with Crippen LogP contribution in [0.25, 0.3) is 0 Å². The lowest BCUT2D eigenvalue weighted by Crippen LogP contribution is -2.32. The summed E-state index contributed by atoms with van der Waals surface area (Å²) in [6.45, 7) is 10.4. The second-order valence-corrected chi connectivity index (χ2v) is 8.51. The zero-order valence-electron chi connectivity index (χ0n) is 13.9. The molecule has 120 valence electrons. The quantitative estimate of drug-likeness (QED) is 0.766. The molecular formula is C17H29NO2S. The van der Waals surface area contributed by atoms with Gasteiger partial charge in [-0.05, 0) is 36.5 Å². The Morgan fingerprint density at radius 1 is 1.10 bits per heavy atom. The van der Waals surface area contributed by atoms with Crippen molar-refractivity contribution in [2.24, 2.45) is 0 Å². The third kappa shape index (κ3) is 5.79. The Hall–Kier alpha value is -0.870. The maximum atomic E-state index is 12.3. The van der Waals surface area contributed by atoms with E-state index in [0.717, 1.165) is 31.2 Å². The average Bonchev–Trinajstić information content (AvgIpc) is 2.37. The van der Waals surface area contributed by atoms with Gasteiger partial charge in [0.1, 0.15) is 0 Å². The van der Waals surface area contributed by atoms with Gasteiger partial charge in [-0.3, -0.25) is 0 Å². The number of benzene rings is 1. The van der Waals surface area contributed by atoms with Crippen LogP contribution in [0.5, 0.6) is 0 Å². The molecule has 1 N–H and O–H groups in total. The minimum atomic E-state index is -3.41. The van der Waals surface area contributed by atoms with Gasteiger partial charge in [0.25, 0.3) is 0 Å². The van der Waals surface area contributed by atoms with Crippen molar-refractivity contribution in [2.75, 3.05) is 0 Å². The first-order valence-corrected chi connectivity index (χ1v) is 9.28. The Labute approximate surface area is 130 Å². The first-order valence-electron chi connectivity index (χ1n) is 7.79. The predicted molar refractivity (Wildman–Crippen MR) is 89.1 cm³/mol. The largest absolute Gasteiger partial charge is 0.240 e. The molecule has 0 saturated carbocycles. The van der Waals surface area contributed by atoms with E-state index in [4.69, 9.17) is 0 Å². The van der Waals surface area contributed by atoms with Gasteiger partial charge in [-0.15, -0.1) is 0 Å². The molecule has 0 radical (unpaired) electrons. The topological polar surface area (TPSA) is 46.2 Å². The summed E-state index contributed by atoms with van der Waals surface area (Å²) < 4.78 is 27.4. The molecule has 0 aliphatic carbocycles. The molecule has 21 heavy (non-hydrogen) atoms. The summed E-state index contributed by atoms with van der Waals surface area (Å²) in [4.78, 5) is 0.345. The van der Waals surface area contributed by atoms with Crippen molar-refractivity contribution in [3.05, 3.63) is 29.8 Å². The van der Waals surface area contributed by atoms with Gasteiger partial charge in [0.2, 0.25) is 10.0 Å².